The number of rotatable bonds is 5. The number of pyridine rings is 2. The Balaban J connectivity index is 1.58. The van der Waals surface area contributed by atoms with Gasteiger partial charge in [-0.05, 0) is 43.7 Å². The summed E-state index contributed by atoms with van der Waals surface area (Å²) in [5.74, 6) is 0.445. The first kappa shape index (κ1) is 20.3. The Hall–Kier alpha value is -4.00. The molecule has 0 atom stereocenters. The van der Waals surface area contributed by atoms with Gasteiger partial charge in [0.25, 0.3) is 0 Å². The highest BCUT2D eigenvalue weighted by Crippen LogP contribution is 2.28. The highest BCUT2D eigenvalue weighted by molar-refractivity contribution is 5.92. The molecule has 1 aliphatic rings. The zero-order valence-corrected chi connectivity index (χ0v) is 17.4. The van der Waals surface area contributed by atoms with Crippen LogP contribution in [-0.2, 0) is 6.61 Å². The second kappa shape index (κ2) is 8.39. The van der Waals surface area contributed by atoms with Crippen LogP contribution in [0.4, 0.5) is 10.5 Å². The number of carbonyl (C=O) groups excluding carboxylic acids is 1. The molecule has 1 fully saturated rings. The van der Waals surface area contributed by atoms with Crippen molar-refractivity contribution >= 4 is 11.7 Å². The van der Waals surface area contributed by atoms with E-state index in [-0.39, 0.29) is 12.6 Å². The van der Waals surface area contributed by atoms with Gasteiger partial charge in [-0.2, -0.15) is 5.26 Å². The van der Waals surface area contributed by atoms with Crippen LogP contribution in [-0.4, -0.2) is 28.1 Å². The summed E-state index contributed by atoms with van der Waals surface area (Å²) in [4.78, 5) is 21.2. The Morgan fingerprint density at radius 3 is 2.68 bits per heavy atom. The third-order valence-corrected chi connectivity index (χ3v) is 5.04. The van der Waals surface area contributed by atoms with E-state index in [9.17, 15) is 10.1 Å². The van der Waals surface area contributed by atoms with Crippen molar-refractivity contribution in [3.63, 3.8) is 0 Å². The summed E-state index contributed by atoms with van der Waals surface area (Å²) >= 11 is 0. The maximum Gasteiger partial charge on any atom is 0.355 e. The first-order chi connectivity index (χ1) is 15.0. The molecule has 2 aromatic heterocycles. The lowest BCUT2D eigenvalue weighted by Gasteiger charge is -2.20. The van der Waals surface area contributed by atoms with Crippen molar-refractivity contribution in [2.24, 2.45) is 0 Å². The fourth-order valence-corrected chi connectivity index (χ4v) is 3.34. The number of amides is 2. The number of urea groups is 1. The number of aryl methyl sites for hydroxylation is 2. The number of carbonyl (C=O) groups is 1. The van der Waals surface area contributed by atoms with E-state index in [1.165, 1.54) is 10.0 Å². The van der Waals surface area contributed by atoms with Gasteiger partial charge in [0, 0.05) is 30.4 Å². The number of hydrazine groups is 3. The predicted molar refractivity (Wildman–Crippen MR) is 114 cm³/mol. The van der Waals surface area contributed by atoms with Crippen molar-refractivity contribution < 1.29 is 9.53 Å². The minimum Gasteiger partial charge on any atom is -0.473 e. The maximum absolute atomic E-state index is 12.4. The molecule has 2 amide bonds. The van der Waals surface area contributed by atoms with E-state index in [2.05, 4.69) is 27.1 Å². The van der Waals surface area contributed by atoms with Gasteiger partial charge in [-0.25, -0.2) is 19.8 Å². The van der Waals surface area contributed by atoms with E-state index in [1.807, 2.05) is 38.1 Å². The molecular weight excluding hydrogens is 394 g/mol. The topological polar surface area (TPSA) is 106 Å². The molecule has 156 valence electrons. The van der Waals surface area contributed by atoms with E-state index in [0.717, 1.165) is 16.7 Å². The molecule has 9 nitrogen and oxygen atoms in total. The van der Waals surface area contributed by atoms with Crippen molar-refractivity contribution in [2.45, 2.75) is 20.5 Å². The van der Waals surface area contributed by atoms with Crippen molar-refractivity contribution in [1.29, 1.82) is 5.26 Å². The minimum absolute atomic E-state index is 0.228. The molecule has 3 heterocycles. The summed E-state index contributed by atoms with van der Waals surface area (Å²) in [6, 6.07) is 14.7. The predicted octanol–water partition coefficient (Wildman–Crippen LogP) is 3.01. The fourth-order valence-electron chi connectivity index (χ4n) is 3.34. The lowest BCUT2D eigenvalue weighted by molar-refractivity contribution is 0.214. The standard InChI is InChI=1S/C22H21N7O2/c1-14-6-4-8-19(29-22(30)28(3)26-27-29)18(14)13-31-20-10-9-17(15(2)25-20)21-16(12-23)7-5-11-24-21/h4-11,26-27H,13H2,1-3H3. The van der Waals surface area contributed by atoms with Crippen molar-refractivity contribution in [1.82, 2.24) is 26.0 Å². The summed E-state index contributed by atoms with van der Waals surface area (Å²) in [5.41, 5.74) is 10.7. The molecule has 0 aliphatic carbocycles. The summed E-state index contributed by atoms with van der Waals surface area (Å²) in [6.45, 7) is 4.05. The Morgan fingerprint density at radius 1 is 1.13 bits per heavy atom. The Bertz CT molecular complexity index is 1190. The van der Waals surface area contributed by atoms with Crippen LogP contribution in [0.1, 0.15) is 22.4 Å². The van der Waals surface area contributed by atoms with E-state index < -0.39 is 0 Å². The average molecular weight is 415 g/mol. The van der Waals surface area contributed by atoms with Gasteiger partial charge in [-0.15, -0.1) is 11.1 Å². The van der Waals surface area contributed by atoms with Crippen LogP contribution in [0.25, 0.3) is 11.3 Å². The van der Waals surface area contributed by atoms with Crippen LogP contribution in [0.5, 0.6) is 5.88 Å². The molecule has 9 heteroatoms. The van der Waals surface area contributed by atoms with Gasteiger partial charge < -0.3 is 4.74 Å². The highest BCUT2D eigenvalue weighted by atomic mass is 16.5. The van der Waals surface area contributed by atoms with E-state index in [1.54, 1.807) is 31.4 Å². The van der Waals surface area contributed by atoms with E-state index >= 15 is 0 Å². The molecule has 4 rings (SSSR count). The number of ether oxygens (including phenoxy) is 1. The van der Waals surface area contributed by atoms with Gasteiger partial charge in [0.05, 0.1) is 22.6 Å². The number of hydrogen-bond donors (Lipinski definition) is 2. The number of anilines is 1. The van der Waals surface area contributed by atoms with Gasteiger partial charge in [0.1, 0.15) is 12.7 Å². The zero-order valence-electron chi connectivity index (χ0n) is 17.4. The van der Waals surface area contributed by atoms with E-state index in [0.29, 0.717) is 28.5 Å². The molecule has 1 aliphatic heterocycles. The third-order valence-electron chi connectivity index (χ3n) is 5.04. The monoisotopic (exact) mass is 415 g/mol. The Labute approximate surface area is 179 Å². The number of nitrogens with one attached hydrogen (secondary N) is 2. The summed E-state index contributed by atoms with van der Waals surface area (Å²) in [7, 11) is 1.63. The quantitative estimate of drug-likeness (QED) is 0.660. The SMILES string of the molecule is Cc1cccc(N2NNN(C)C2=O)c1COc1ccc(-c2ncccc2C#N)c(C)n1. The molecule has 0 saturated carbocycles. The molecule has 1 saturated heterocycles. The largest absolute Gasteiger partial charge is 0.473 e. The molecule has 1 aromatic carbocycles. The maximum atomic E-state index is 12.4. The summed E-state index contributed by atoms with van der Waals surface area (Å²) in [6.07, 6.45) is 1.65. The minimum atomic E-state index is -0.228. The molecule has 0 unspecified atom stereocenters. The summed E-state index contributed by atoms with van der Waals surface area (Å²) < 4.78 is 5.97. The van der Waals surface area contributed by atoms with E-state index in [4.69, 9.17) is 4.74 Å². The van der Waals surface area contributed by atoms with Crippen molar-refractivity contribution in [2.75, 3.05) is 12.1 Å². The van der Waals surface area contributed by atoms with Crippen LogP contribution >= 0.6 is 0 Å². The number of nitrogens with zero attached hydrogens (tertiary/aromatic N) is 5. The highest BCUT2D eigenvalue weighted by Gasteiger charge is 2.28. The number of aromatic nitrogens is 2. The van der Waals surface area contributed by atoms with Crippen LogP contribution in [0.2, 0.25) is 0 Å². The van der Waals surface area contributed by atoms with Crippen LogP contribution < -0.4 is 20.8 Å². The van der Waals surface area contributed by atoms with Gasteiger partial charge in [0.2, 0.25) is 5.88 Å². The molecule has 0 bridgehead atoms. The van der Waals surface area contributed by atoms with Crippen molar-refractivity contribution in [3.05, 3.63) is 71.0 Å². The number of hydrogen-bond acceptors (Lipinski definition) is 7. The smallest absolute Gasteiger partial charge is 0.355 e. The fraction of sp³-hybridized carbons (Fsp3) is 0.182. The second-order valence-electron chi connectivity index (χ2n) is 7.06. The molecule has 31 heavy (non-hydrogen) atoms. The molecule has 0 spiro atoms. The van der Waals surface area contributed by atoms with Gasteiger partial charge in [-0.3, -0.25) is 4.98 Å². The zero-order chi connectivity index (χ0) is 22.0. The summed E-state index contributed by atoms with van der Waals surface area (Å²) in [5, 5.41) is 12.1. The molecular formula is C22H21N7O2. The Kier molecular flexibility index (Phi) is 5.49. The molecule has 3 aromatic rings. The molecule has 0 radical (unpaired) electrons. The average Bonchev–Trinajstić information content (AvgIpc) is 3.11. The number of nitriles is 1. The molecule has 2 N–H and O–H groups in total. The van der Waals surface area contributed by atoms with Gasteiger partial charge >= 0.3 is 6.03 Å². The van der Waals surface area contributed by atoms with Gasteiger partial charge in [-0.1, -0.05) is 12.1 Å². The van der Waals surface area contributed by atoms with Gasteiger partial charge in [0.15, 0.2) is 0 Å². The second-order valence-corrected chi connectivity index (χ2v) is 7.06. The van der Waals surface area contributed by atoms with Crippen LogP contribution in [0.3, 0.4) is 0 Å². The first-order valence-electron chi connectivity index (χ1n) is 9.63. The lowest BCUT2D eigenvalue weighted by atomic mass is 10.1. The lowest BCUT2D eigenvalue weighted by Crippen LogP contribution is -2.38. The Morgan fingerprint density at radius 2 is 1.97 bits per heavy atom. The van der Waals surface area contributed by atoms with Crippen LogP contribution in [0.15, 0.2) is 48.7 Å². The normalized spacial score (nSPS) is 13.4. The third kappa shape index (κ3) is 3.90. The number of benzene rings is 1. The van der Waals surface area contributed by atoms with Crippen molar-refractivity contribution in [3.8, 4) is 23.2 Å². The first-order valence-corrected chi connectivity index (χ1v) is 9.63. The van der Waals surface area contributed by atoms with Crippen LogP contribution in [0, 0.1) is 25.2 Å².